The van der Waals surface area contributed by atoms with Gasteiger partial charge in [0, 0.05) is 25.6 Å². The van der Waals surface area contributed by atoms with Gasteiger partial charge in [0.15, 0.2) is 6.61 Å². The summed E-state index contributed by atoms with van der Waals surface area (Å²) in [7, 11) is 1.80. The van der Waals surface area contributed by atoms with Crippen LogP contribution in [0.5, 0.6) is 5.75 Å². The summed E-state index contributed by atoms with van der Waals surface area (Å²) in [5, 5.41) is 5.82. The van der Waals surface area contributed by atoms with E-state index in [0.29, 0.717) is 44.3 Å². The lowest BCUT2D eigenvalue weighted by Gasteiger charge is -2.26. The molecule has 8 heteroatoms. The molecule has 1 aliphatic rings. The fourth-order valence-corrected chi connectivity index (χ4v) is 2.39. The first kappa shape index (κ1) is 21.2. The molecule has 2 N–H and O–H groups in total. The van der Waals surface area contributed by atoms with Crippen LogP contribution in [0.15, 0.2) is 24.3 Å². The first-order valence-electron chi connectivity index (χ1n) is 8.14. The fourth-order valence-electron chi connectivity index (χ4n) is 2.39. The van der Waals surface area contributed by atoms with Gasteiger partial charge in [-0.3, -0.25) is 9.59 Å². The van der Waals surface area contributed by atoms with Crippen LogP contribution in [-0.2, 0) is 14.3 Å². The van der Waals surface area contributed by atoms with E-state index in [1.807, 2.05) is 13.0 Å². The predicted molar refractivity (Wildman–Crippen MR) is 98.3 cm³/mol. The van der Waals surface area contributed by atoms with Crippen molar-refractivity contribution in [1.29, 1.82) is 0 Å². The van der Waals surface area contributed by atoms with Gasteiger partial charge in [-0.1, -0.05) is 19.1 Å². The Labute approximate surface area is 154 Å². The highest BCUT2D eigenvalue weighted by Crippen LogP contribution is 2.24. The van der Waals surface area contributed by atoms with Gasteiger partial charge in [-0.05, 0) is 19.2 Å². The Bertz CT molecular complexity index is 565. The summed E-state index contributed by atoms with van der Waals surface area (Å²) < 4.78 is 10.9. The van der Waals surface area contributed by atoms with Gasteiger partial charge in [0.1, 0.15) is 5.75 Å². The second-order valence-electron chi connectivity index (χ2n) is 5.73. The van der Waals surface area contributed by atoms with Gasteiger partial charge in [-0.2, -0.15) is 0 Å². The third-order valence-electron chi connectivity index (χ3n) is 3.82. The summed E-state index contributed by atoms with van der Waals surface area (Å²) in [5.74, 6) is 0.144. The third kappa shape index (κ3) is 6.53. The molecule has 2 rings (SSSR count). The van der Waals surface area contributed by atoms with Crippen LogP contribution in [0.25, 0.3) is 0 Å². The van der Waals surface area contributed by atoms with Crippen LogP contribution in [0.1, 0.15) is 6.92 Å². The van der Waals surface area contributed by atoms with Crippen LogP contribution in [0.4, 0.5) is 5.69 Å². The van der Waals surface area contributed by atoms with Gasteiger partial charge >= 0.3 is 0 Å². The van der Waals surface area contributed by atoms with E-state index in [2.05, 4.69) is 10.6 Å². The van der Waals surface area contributed by atoms with Crippen molar-refractivity contribution in [2.45, 2.75) is 6.92 Å². The number of hydrogen-bond donors (Lipinski definition) is 2. The van der Waals surface area contributed by atoms with Crippen LogP contribution < -0.4 is 15.4 Å². The van der Waals surface area contributed by atoms with E-state index < -0.39 is 0 Å². The summed E-state index contributed by atoms with van der Waals surface area (Å²) in [6, 6.07) is 7.12. The molecule has 0 bridgehead atoms. The lowest BCUT2D eigenvalue weighted by Crippen LogP contribution is -2.43. The number of halogens is 1. The molecule has 140 valence electrons. The summed E-state index contributed by atoms with van der Waals surface area (Å²) >= 11 is 0. The number of nitrogens with one attached hydrogen (secondary N) is 2. The SMILES string of the molecule is CNCC(C)C(=O)Nc1ccccc1OCC(=O)N1CCOCC1.Cl. The number of anilines is 1. The average Bonchev–Trinajstić information content (AvgIpc) is 2.61. The molecule has 0 radical (unpaired) electrons. The Morgan fingerprint density at radius 1 is 1.28 bits per heavy atom. The molecule has 25 heavy (non-hydrogen) atoms. The molecule has 1 saturated heterocycles. The molecule has 7 nitrogen and oxygen atoms in total. The highest BCUT2D eigenvalue weighted by Gasteiger charge is 2.18. The molecule has 0 saturated carbocycles. The minimum absolute atomic E-state index is 0. The normalized spacial score (nSPS) is 15.0. The molecular weight excluding hydrogens is 346 g/mol. The highest BCUT2D eigenvalue weighted by molar-refractivity contribution is 5.94. The molecule has 1 aromatic rings. The maximum absolute atomic E-state index is 12.1. The Kier molecular flexibility index (Phi) is 9.26. The van der Waals surface area contributed by atoms with Crippen LogP contribution in [0.2, 0.25) is 0 Å². The smallest absolute Gasteiger partial charge is 0.260 e. The van der Waals surface area contributed by atoms with E-state index >= 15 is 0 Å². The lowest BCUT2D eigenvalue weighted by molar-refractivity contribution is -0.137. The number of ether oxygens (including phenoxy) is 2. The summed E-state index contributed by atoms with van der Waals surface area (Å²) in [4.78, 5) is 26.0. The van der Waals surface area contributed by atoms with Crippen molar-refractivity contribution in [1.82, 2.24) is 10.2 Å². The molecule has 0 aliphatic carbocycles. The van der Waals surface area contributed by atoms with Crippen LogP contribution >= 0.6 is 12.4 Å². The van der Waals surface area contributed by atoms with Gasteiger partial charge in [0.2, 0.25) is 5.91 Å². The van der Waals surface area contributed by atoms with E-state index in [1.165, 1.54) is 0 Å². The number of rotatable bonds is 7. The van der Waals surface area contributed by atoms with Crippen molar-refractivity contribution in [2.75, 3.05) is 51.8 Å². The van der Waals surface area contributed by atoms with E-state index in [0.717, 1.165) is 0 Å². The molecule has 1 aromatic carbocycles. The van der Waals surface area contributed by atoms with E-state index in [-0.39, 0.29) is 36.7 Å². The quantitative estimate of drug-likeness (QED) is 0.751. The molecule has 1 atom stereocenters. The Morgan fingerprint density at radius 2 is 1.96 bits per heavy atom. The zero-order chi connectivity index (χ0) is 17.4. The van der Waals surface area contributed by atoms with Crippen molar-refractivity contribution in [2.24, 2.45) is 5.92 Å². The van der Waals surface area contributed by atoms with Gasteiger partial charge in [-0.15, -0.1) is 12.4 Å². The number of nitrogens with zero attached hydrogens (tertiary/aromatic N) is 1. The number of para-hydroxylation sites is 2. The second kappa shape index (κ2) is 10.9. The number of benzene rings is 1. The van der Waals surface area contributed by atoms with Crippen LogP contribution in [0, 0.1) is 5.92 Å². The maximum Gasteiger partial charge on any atom is 0.260 e. The summed E-state index contributed by atoms with van der Waals surface area (Å²) in [6.45, 7) is 4.66. The average molecular weight is 372 g/mol. The summed E-state index contributed by atoms with van der Waals surface area (Å²) in [5.41, 5.74) is 0.570. The van der Waals surface area contributed by atoms with E-state index in [4.69, 9.17) is 9.47 Å². The highest BCUT2D eigenvalue weighted by atomic mass is 35.5. The first-order valence-corrected chi connectivity index (χ1v) is 8.14. The van der Waals surface area contributed by atoms with Crippen molar-refractivity contribution < 1.29 is 19.1 Å². The van der Waals surface area contributed by atoms with E-state index in [9.17, 15) is 9.59 Å². The Balaban J connectivity index is 0.00000312. The van der Waals surface area contributed by atoms with Gasteiger partial charge in [0.25, 0.3) is 5.91 Å². The Hall–Kier alpha value is -1.83. The van der Waals surface area contributed by atoms with Crippen molar-refractivity contribution in [3.63, 3.8) is 0 Å². The zero-order valence-electron chi connectivity index (χ0n) is 14.6. The number of carbonyl (C=O) groups is 2. The minimum Gasteiger partial charge on any atom is -0.482 e. The van der Waals surface area contributed by atoms with Gasteiger partial charge < -0.3 is 25.0 Å². The van der Waals surface area contributed by atoms with Crippen LogP contribution in [-0.4, -0.2) is 63.2 Å². The third-order valence-corrected chi connectivity index (χ3v) is 3.82. The Morgan fingerprint density at radius 3 is 2.64 bits per heavy atom. The van der Waals surface area contributed by atoms with Crippen molar-refractivity contribution >= 4 is 29.9 Å². The fraction of sp³-hybridized carbons (Fsp3) is 0.529. The van der Waals surface area contributed by atoms with Crippen LogP contribution in [0.3, 0.4) is 0 Å². The standard InChI is InChI=1S/C17H25N3O4.ClH/c1-13(11-18-2)17(22)19-14-5-3-4-6-15(14)24-12-16(21)20-7-9-23-10-8-20;/h3-6,13,18H,7-12H2,1-2H3,(H,19,22);1H. The molecule has 1 heterocycles. The minimum atomic E-state index is -0.168. The van der Waals surface area contributed by atoms with Gasteiger partial charge in [-0.25, -0.2) is 0 Å². The number of carbonyl (C=O) groups excluding carboxylic acids is 2. The second-order valence-corrected chi connectivity index (χ2v) is 5.73. The molecule has 1 aliphatic heterocycles. The number of morpholine rings is 1. The maximum atomic E-state index is 12.1. The largest absolute Gasteiger partial charge is 0.482 e. The molecule has 1 unspecified atom stereocenters. The number of amides is 2. The predicted octanol–water partition coefficient (Wildman–Crippen LogP) is 1.14. The molecule has 0 spiro atoms. The number of hydrogen-bond acceptors (Lipinski definition) is 5. The van der Waals surface area contributed by atoms with E-state index in [1.54, 1.807) is 30.1 Å². The topological polar surface area (TPSA) is 79.9 Å². The molecule has 1 fully saturated rings. The first-order chi connectivity index (χ1) is 11.6. The van der Waals surface area contributed by atoms with Crippen molar-refractivity contribution in [3.8, 4) is 5.75 Å². The zero-order valence-corrected chi connectivity index (χ0v) is 15.4. The van der Waals surface area contributed by atoms with Gasteiger partial charge in [0.05, 0.1) is 18.9 Å². The van der Waals surface area contributed by atoms with Crippen molar-refractivity contribution in [3.05, 3.63) is 24.3 Å². The lowest BCUT2D eigenvalue weighted by atomic mass is 10.1. The molecule has 2 amide bonds. The molecule has 0 aromatic heterocycles. The summed E-state index contributed by atoms with van der Waals surface area (Å²) in [6.07, 6.45) is 0. The monoisotopic (exact) mass is 371 g/mol. The molecular formula is C17H26ClN3O4.